The molecule has 1 aromatic heterocycles. The lowest BCUT2D eigenvalue weighted by Gasteiger charge is -2.12. The predicted octanol–water partition coefficient (Wildman–Crippen LogP) is 0.221. The van der Waals surface area contributed by atoms with Crippen molar-refractivity contribution in [1.29, 1.82) is 0 Å². The zero-order valence-corrected chi connectivity index (χ0v) is 10.2. The summed E-state index contributed by atoms with van der Waals surface area (Å²) in [6.07, 6.45) is 0.840. The summed E-state index contributed by atoms with van der Waals surface area (Å²) in [5, 5.41) is 26.9. The number of aromatic nitrogens is 2. The Morgan fingerprint density at radius 1 is 1.30 bits per heavy atom. The lowest BCUT2D eigenvalue weighted by atomic mass is 10.1. The van der Waals surface area contributed by atoms with Gasteiger partial charge in [0.25, 0.3) is 5.91 Å². The number of amides is 1. The van der Waals surface area contributed by atoms with Gasteiger partial charge in [0.15, 0.2) is 0 Å². The van der Waals surface area contributed by atoms with Gasteiger partial charge in [0.05, 0.1) is 18.1 Å². The standard InChI is InChI=1S/C12H11N3O5/c16-10(17)4-9(12(19)20)14-11(18)6-1-2-8-7(3-6)5-13-15-8/h1-3,5,9H,4H2,(H,13,15)(H,14,18)(H,16,17)(H,19,20)/t9-/m1/s1. The van der Waals surface area contributed by atoms with Crippen LogP contribution in [0.25, 0.3) is 10.9 Å². The largest absolute Gasteiger partial charge is 0.481 e. The number of carboxylic acid groups (broad SMARTS) is 2. The zero-order chi connectivity index (χ0) is 14.7. The van der Waals surface area contributed by atoms with Crippen LogP contribution < -0.4 is 5.32 Å². The fourth-order valence-corrected chi connectivity index (χ4v) is 1.70. The molecule has 1 heterocycles. The summed E-state index contributed by atoms with van der Waals surface area (Å²) in [4.78, 5) is 33.3. The number of nitrogens with zero attached hydrogens (tertiary/aromatic N) is 1. The monoisotopic (exact) mass is 277 g/mol. The third kappa shape index (κ3) is 2.91. The number of carbonyl (C=O) groups excluding carboxylic acids is 1. The zero-order valence-electron chi connectivity index (χ0n) is 10.2. The van der Waals surface area contributed by atoms with Gasteiger partial charge in [0.2, 0.25) is 0 Å². The number of aliphatic carboxylic acids is 2. The number of carboxylic acids is 2. The summed E-state index contributed by atoms with van der Waals surface area (Å²) >= 11 is 0. The first-order chi connectivity index (χ1) is 9.47. The van der Waals surface area contributed by atoms with Crippen LogP contribution in [-0.2, 0) is 9.59 Å². The predicted molar refractivity (Wildman–Crippen MR) is 67.2 cm³/mol. The summed E-state index contributed by atoms with van der Waals surface area (Å²) in [6, 6.07) is 3.19. The Hall–Kier alpha value is -2.90. The molecule has 2 rings (SSSR count). The van der Waals surface area contributed by atoms with Crippen molar-refractivity contribution >= 4 is 28.7 Å². The van der Waals surface area contributed by atoms with Crippen molar-refractivity contribution in [1.82, 2.24) is 15.5 Å². The average Bonchev–Trinajstić information content (AvgIpc) is 2.84. The van der Waals surface area contributed by atoms with Crippen molar-refractivity contribution in [3.63, 3.8) is 0 Å². The minimum atomic E-state index is -1.47. The molecule has 1 amide bonds. The van der Waals surface area contributed by atoms with Gasteiger partial charge in [-0.15, -0.1) is 0 Å². The highest BCUT2D eigenvalue weighted by molar-refractivity contribution is 6.00. The van der Waals surface area contributed by atoms with Crippen LogP contribution in [0.1, 0.15) is 16.8 Å². The number of carbonyl (C=O) groups is 3. The van der Waals surface area contributed by atoms with E-state index in [9.17, 15) is 14.4 Å². The van der Waals surface area contributed by atoms with E-state index in [1.165, 1.54) is 18.3 Å². The van der Waals surface area contributed by atoms with Crippen molar-refractivity contribution in [3.05, 3.63) is 30.0 Å². The molecule has 0 spiro atoms. The Morgan fingerprint density at radius 3 is 2.70 bits per heavy atom. The highest BCUT2D eigenvalue weighted by Crippen LogP contribution is 2.13. The van der Waals surface area contributed by atoms with Gasteiger partial charge in [-0.2, -0.15) is 5.10 Å². The molecule has 4 N–H and O–H groups in total. The van der Waals surface area contributed by atoms with E-state index in [1.807, 2.05) is 0 Å². The maximum Gasteiger partial charge on any atom is 0.326 e. The highest BCUT2D eigenvalue weighted by atomic mass is 16.4. The molecular weight excluding hydrogens is 266 g/mol. The molecule has 8 heteroatoms. The van der Waals surface area contributed by atoms with Gasteiger partial charge < -0.3 is 15.5 Å². The number of nitrogens with one attached hydrogen (secondary N) is 2. The minimum Gasteiger partial charge on any atom is -0.481 e. The van der Waals surface area contributed by atoms with Crippen LogP contribution in [0.2, 0.25) is 0 Å². The molecule has 0 radical (unpaired) electrons. The Kier molecular flexibility index (Phi) is 3.65. The van der Waals surface area contributed by atoms with Crippen LogP contribution in [0.5, 0.6) is 0 Å². The van der Waals surface area contributed by atoms with Crippen LogP contribution in [-0.4, -0.2) is 44.3 Å². The maximum absolute atomic E-state index is 11.9. The molecule has 0 fully saturated rings. The van der Waals surface area contributed by atoms with E-state index < -0.39 is 30.3 Å². The molecule has 8 nitrogen and oxygen atoms in total. The van der Waals surface area contributed by atoms with Gasteiger partial charge in [0, 0.05) is 10.9 Å². The smallest absolute Gasteiger partial charge is 0.326 e. The molecule has 0 bridgehead atoms. The van der Waals surface area contributed by atoms with E-state index >= 15 is 0 Å². The summed E-state index contributed by atoms with van der Waals surface area (Å²) < 4.78 is 0. The van der Waals surface area contributed by atoms with Crippen LogP contribution in [0.4, 0.5) is 0 Å². The first-order valence-electron chi connectivity index (χ1n) is 5.66. The van der Waals surface area contributed by atoms with Crippen molar-refractivity contribution in [2.75, 3.05) is 0 Å². The van der Waals surface area contributed by atoms with E-state index in [2.05, 4.69) is 15.5 Å². The molecule has 0 aliphatic carbocycles. The van der Waals surface area contributed by atoms with Gasteiger partial charge in [-0.05, 0) is 18.2 Å². The van der Waals surface area contributed by atoms with E-state index in [0.29, 0.717) is 5.39 Å². The van der Waals surface area contributed by atoms with Gasteiger partial charge in [0.1, 0.15) is 6.04 Å². The molecule has 0 saturated heterocycles. The molecule has 1 aromatic carbocycles. The maximum atomic E-state index is 11.9. The number of H-pyrrole nitrogens is 1. The van der Waals surface area contributed by atoms with Gasteiger partial charge in [-0.25, -0.2) is 4.79 Å². The average molecular weight is 277 g/mol. The second-order valence-electron chi connectivity index (χ2n) is 4.13. The van der Waals surface area contributed by atoms with E-state index in [0.717, 1.165) is 5.52 Å². The number of hydrogen-bond acceptors (Lipinski definition) is 4. The van der Waals surface area contributed by atoms with E-state index in [4.69, 9.17) is 10.2 Å². The number of hydrogen-bond donors (Lipinski definition) is 4. The van der Waals surface area contributed by atoms with E-state index in [1.54, 1.807) is 6.07 Å². The number of aromatic amines is 1. The topological polar surface area (TPSA) is 132 Å². The molecular formula is C12H11N3O5. The Morgan fingerprint density at radius 2 is 2.05 bits per heavy atom. The number of fused-ring (bicyclic) bond motifs is 1. The molecule has 2 aromatic rings. The second kappa shape index (κ2) is 5.39. The Balaban J connectivity index is 2.17. The SMILES string of the molecule is O=C(O)C[C@@H](NC(=O)c1ccc2[nH]ncc2c1)C(=O)O. The molecule has 0 aliphatic heterocycles. The minimum absolute atomic E-state index is 0.232. The van der Waals surface area contributed by atoms with Gasteiger partial charge in [-0.3, -0.25) is 14.7 Å². The first kappa shape index (κ1) is 13.5. The first-order valence-corrected chi connectivity index (χ1v) is 5.66. The molecule has 0 aliphatic rings. The summed E-state index contributed by atoms with van der Waals surface area (Å²) in [7, 11) is 0. The quantitative estimate of drug-likeness (QED) is 0.618. The van der Waals surface area contributed by atoms with Crippen LogP contribution >= 0.6 is 0 Å². The summed E-state index contributed by atoms with van der Waals surface area (Å²) in [5.41, 5.74) is 0.970. The molecule has 0 unspecified atom stereocenters. The van der Waals surface area contributed by atoms with Crippen LogP contribution in [0.3, 0.4) is 0 Å². The normalized spacial score (nSPS) is 12.0. The highest BCUT2D eigenvalue weighted by Gasteiger charge is 2.23. The third-order valence-corrected chi connectivity index (χ3v) is 2.68. The summed E-state index contributed by atoms with van der Waals surface area (Å²) in [5.74, 6) is -3.35. The fourth-order valence-electron chi connectivity index (χ4n) is 1.70. The Bertz CT molecular complexity index is 679. The molecule has 20 heavy (non-hydrogen) atoms. The second-order valence-corrected chi connectivity index (χ2v) is 4.13. The van der Waals surface area contributed by atoms with Crippen molar-refractivity contribution < 1.29 is 24.6 Å². The number of benzene rings is 1. The summed E-state index contributed by atoms with van der Waals surface area (Å²) in [6.45, 7) is 0. The molecule has 1 atom stereocenters. The van der Waals surface area contributed by atoms with Crippen LogP contribution in [0.15, 0.2) is 24.4 Å². The van der Waals surface area contributed by atoms with Crippen molar-refractivity contribution in [3.8, 4) is 0 Å². The molecule has 0 saturated carbocycles. The third-order valence-electron chi connectivity index (χ3n) is 2.68. The van der Waals surface area contributed by atoms with Crippen molar-refractivity contribution in [2.24, 2.45) is 0 Å². The van der Waals surface area contributed by atoms with Gasteiger partial charge in [-0.1, -0.05) is 0 Å². The van der Waals surface area contributed by atoms with E-state index in [-0.39, 0.29) is 5.56 Å². The number of rotatable bonds is 5. The lowest BCUT2D eigenvalue weighted by Crippen LogP contribution is -2.42. The lowest BCUT2D eigenvalue weighted by molar-refractivity contribution is -0.145. The van der Waals surface area contributed by atoms with Gasteiger partial charge >= 0.3 is 11.9 Å². The Labute approximate surface area is 112 Å². The fraction of sp³-hybridized carbons (Fsp3) is 0.167. The molecule has 104 valence electrons. The van der Waals surface area contributed by atoms with Crippen LogP contribution in [0, 0.1) is 0 Å². The van der Waals surface area contributed by atoms with Crippen molar-refractivity contribution in [2.45, 2.75) is 12.5 Å².